The largest absolute Gasteiger partial charge is 0.493 e. The molecule has 130 valence electrons. The molecule has 0 fully saturated rings. The molecule has 0 amide bonds. The van der Waals surface area contributed by atoms with E-state index in [4.69, 9.17) is 9.47 Å². The molecule has 0 aliphatic heterocycles. The van der Waals surface area contributed by atoms with E-state index in [9.17, 15) is 4.39 Å². The van der Waals surface area contributed by atoms with Gasteiger partial charge in [0, 0.05) is 18.4 Å². The summed E-state index contributed by atoms with van der Waals surface area (Å²) < 4.78 is 25.5. The third-order valence-electron chi connectivity index (χ3n) is 3.76. The third-order valence-corrected chi connectivity index (χ3v) is 4.85. The highest BCUT2D eigenvalue weighted by atomic mass is 32.2. The van der Waals surface area contributed by atoms with Gasteiger partial charge in [-0.25, -0.2) is 4.39 Å². The summed E-state index contributed by atoms with van der Waals surface area (Å²) in [6.45, 7) is 0. The SMILES string of the molecule is COc1ccc(-c2nnc(SCc3ccc(F)cc3)n2C)cc1OC. The Morgan fingerprint density at radius 2 is 1.72 bits per heavy atom. The Bertz CT molecular complexity index is 865. The summed E-state index contributed by atoms with van der Waals surface area (Å²) in [7, 11) is 5.12. The number of hydrogen-bond donors (Lipinski definition) is 0. The Morgan fingerprint density at radius 1 is 1.00 bits per heavy atom. The standard InChI is InChI=1S/C18H18FN3O2S/c1-22-17(13-6-9-15(23-2)16(10-13)24-3)20-21-18(22)25-11-12-4-7-14(19)8-5-12/h4-10H,11H2,1-3H3. The summed E-state index contributed by atoms with van der Waals surface area (Å²) in [4.78, 5) is 0. The zero-order chi connectivity index (χ0) is 17.8. The van der Waals surface area contributed by atoms with Crippen LogP contribution in [0.15, 0.2) is 47.6 Å². The molecular weight excluding hydrogens is 341 g/mol. The molecule has 0 unspecified atom stereocenters. The highest BCUT2D eigenvalue weighted by Gasteiger charge is 2.14. The first-order valence-corrected chi connectivity index (χ1v) is 8.60. The Morgan fingerprint density at radius 3 is 2.40 bits per heavy atom. The molecule has 2 aromatic carbocycles. The molecule has 0 radical (unpaired) electrons. The van der Waals surface area contributed by atoms with Crippen LogP contribution in [0.25, 0.3) is 11.4 Å². The van der Waals surface area contributed by atoms with Crippen molar-refractivity contribution in [2.24, 2.45) is 7.05 Å². The number of thioether (sulfide) groups is 1. The van der Waals surface area contributed by atoms with Gasteiger partial charge in [-0.05, 0) is 35.9 Å². The second-order valence-corrected chi connectivity index (χ2v) is 6.29. The lowest BCUT2D eigenvalue weighted by molar-refractivity contribution is 0.355. The van der Waals surface area contributed by atoms with Gasteiger partial charge in [0.15, 0.2) is 22.5 Å². The molecule has 1 aromatic heterocycles. The Hall–Kier alpha value is -2.54. The van der Waals surface area contributed by atoms with Crippen LogP contribution in [-0.4, -0.2) is 29.0 Å². The summed E-state index contributed by atoms with van der Waals surface area (Å²) in [5.74, 6) is 2.51. The summed E-state index contributed by atoms with van der Waals surface area (Å²) in [6, 6.07) is 12.1. The van der Waals surface area contributed by atoms with E-state index in [-0.39, 0.29) is 5.82 Å². The lowest BCUT2D eigenvalue weighted by atomic mass is 10.2. The van der Waals surface area contributed by atoms with Crippen LogP contribution >= 0.6 is 11.8 Å². The van der Waals surface area contributed by atoms with Gasteiger partial charge in [-0.1, -0.05) is 23.9 Å². The van der Waals surface area contributed by atoms with Gasteiger partial charge in [0.1, 0.15) is 5.82 Å². The van der Waals surface area contributed by atoms with Crippen LogP contribution in [0, 0.1) is 5.82 Å². The number of nitrogens with zero attached hydrogens (tertiary/aromatic N) is 3. The van der Waals surface area contributed by atoms with Gasteiger partial charge in [-0.2, -0.15) is 0 Å². The molecule has 0 N–H and O–H groups in total. The number of ether oxygens (including phenoxy) is 2. The normalized spacial score (nSPS) is 10.7. The average molecular weight is 359 g/mol. The van der Waals surface area contributed by atoms with E-state index < -0.39 is 0 Å². The van der Waals surface area contributed by atoms with Gasteiger partial charge >= 0.3 is 0 Å². The van der Waals surface area contributed by atoms with E-state index in [1.807, 2.05) is 29.8 Å². The van der Waals surface area contributed by atoms with Crippen molar-refractivity contribution in [2.45, 2.75) is 10.9 Å². The first-order chi connectivity index (χ1) is 12.1. The molecule has 7 heteroatoms. The quantitative estimate of drug-likeness (QED) is 0.624. The summed E-state index contributed by atoms with van der Waals surface area (Å²) in [5, 5.41) is 9.32. The fraction of sp³-hybridized carbons (Fsp3) is 0.222. The van der Waals surface area contributed by atoms with E-state index in [1.54, 1.807) is 38.1 Å². The number of aromatic nitrogens is 3. The first-order valence-electron chi connectivity index (χ1n) is 7.61. The highest BCUT2D eigenvalue weighted by molar-refractivity contribution is 7.98. The molecule has 0 bridgehead atoms. The minimum Gasteiger partial charge on any atom is -0.493 e. The van der Waals surface area contributed by atoms with Crippen molar-refractivity contribution in [3.63, 3.8) is 0 Å². The molecule has 0 saturated heterocycles. The van der Waals surface area contributed by atoms with Gasteiger partial charge in [0.25, 0.3) is 0 Å². The molecule has 3 rings (SSSR count). The Kier molecular flexibility index (Phi) is 5.23. The van der Waals surface area contributed by atoms with Gasteiger partial charge in [-0.15, -0.1) is 10.2 Å². The van der Waals surface area contributed by atoms with E-state index in [0.717, 1.165) is 22.1 Å². The number of rotatable bonds is 6. The molecule has 0 saturated carbocycles. The molecule has 1 heterocycles. The summed E-state index contributed by atoms with van der Waals surface area (Å²) in [6.07, 6.45) is 0. The van der Waals surface area contributed by atoms with E-state index in [1.165, 1.54) is 12.1 Å². The van der Waals surface area contributed by atoms with Crippen LogP contribution in [0.2, 0.25) is 0 Å². The second kappa shape index (κ2) is 7.57. The number of methoxy groups -OCH3 is 2. The average Bonchev–Trinajstić information content (AvgIpc) is 3.01. The van der Waals surface area contributed by atoms with Gasteiger partial charge in [0.05, 0.1) is 14.2 Å². The van der Waals surface area contributed by atoms with E-state index >= 15 is 0 Å². The highest BCUT2D eigenvalue weighted by Crippen LogP contribution is 2.32. The number of benzene rings is 2. The van der Waals surface area contributed by atoms with E-state index in [2.05, 4.69) is 10.2 Å². The van der Waals surface area contributed by atoms with Crippen molar-refractivity contribution in [1.82, 2.24) is 14.8 Å². The van der Waals surface area contributed by atoms with Gasteiger partial charge in [0.2, 0.25) is 0 Å². The Labute approximate surface area is 149 Å². The number of halogens is 1. The smallest absolute Gasteiger partial charge is 0.191 e. The number of hydrogen-bond acceptors (Lipinski definition) is 5. The summed E-state index contributed by atoms with van der Waals surface area (Å²) >= 11 is 1.55. The molecular formula is C18H18FN3O2S. The fourth-order valence-corrected chi connectivity index (χ4v) is 3.26. The van der Waals surface area contributed by atoms with Crippen molar-refractivity contribution in [2.75, 3.05) is 14.2 Å². The topological polar surface area (TPSA) is 49.2 Å². The van der Waals surface area contributed by atoms with Crippen molar-refractivity contribution in [1.29, 1.82) is 0 Å². The summed E-state index contributed by atoms with van der Waals surface area (Å²) in [5.41, 5.74) is 1.92. The maximum absolute atomic E-state index is 13.0. The molecule has 25 heavy (non-hydrogen) atoms. The maximum Gasteiger partial charge on any atom is 0.191 e. The minimum atomic E-state index is -0.233. The third kappa shape index (κ3) is 3.76. The van der Waals surface area contributed by atoms with Gasteiger partial charge < -0.3 is 14.0 Å². The van der Waals surface area contributed by atoms with Crippen molar-refractivity contribution in [3.05, 3.63) is 53.8 Å². The predicted octanol–water partition coefficient (Wildman–Crippen LogP) is 3.93. The molecule has 0 atom stereocenters. The second-order valence-electron chi connectivity index (χ2n) is 5.35. The van der Waals surface area contributed by atoms with Crippen molar-refractivity contribution >= 4 is 11.8 Å². The minimum absolute atomic E-state index is 0.233. The van der Waals surface area contributed by atoms with Crippen LogP contribution in [0.4, 0.5) is 4.39 Å². The molecule has 0 aliphatic rings. The lowest BCUT2D eigenvalue weighted by Crippen LogP contribution is -1.96. The van der Waals surface area contributed by atoms with Crippen LogP contribution in [-0.2, 0) is 12.8 Å². The van der Waals surface area contributed by atoms with Crippen molar-refractivity contribution < 1.29 is 13.9 Å². The first kappa shape index (κ1) is 17.3. The zero-order valence-electron chi connectivity index (χ0n) is 14.2. The molecule has 5 nitrogen and oxygen atoms in total. The van der Waals surface area contributed by atoms with Gasteiger partial charge in [-0.3, -0.25) is 0 Å². The zero-order valence-corrected chi connectivity index (χ0v) is 15.0. The van der Waals surface area contributed by atoms with Crippen LogP contribution < -0.4 is 9.47 Å². The molecule has 3 aromatic rings. The maximum atomic E-state index is 13.0. The molecule has 0 aliphatic carbocycles. The Balaban J connectivity index is 1.80. The lowest BCUT2D eigenvalue weighted by Gasteiger charge is -2.09. The predicted molar refractivity (Wildman–Crippen MR) is 95.5 cm³/mol. The fourth-order valence-electron chi connectivity index (χ4n) is 2.40. The van der Waals surface area contributed by atoms with E-state index in [0.29, 0.717) is 17.3 Å². The molecule has 0 spiro atoms. The van der Waals surface area contributed by atoms with Crippen molar-refractivity contribution in [3.8, 4) is 22.9 Å². The van der Waals surface area contributed by atoms with Crippen LogP contribution in [0.5, 0.6) is 11.5 Å². The van der Waals surface area contributed by atoms with Crippen LogP contribution in [0.3, 0.4) is 0 Å². The van der Waals surface area contributed by atoms with Crippen LogP contribution in [0.1, 0.15) is 5.56 Å². The monoisotopic (exact) mass is 359 g/mol.